The lowest BCUT2D eigenvalue weighted by molar-refractivity contribution is -0.130. The molecule has 106 valence electrons. The zero-order valence-corrected chi connectivity index (χ0v) is 11.8. The van der Waals surface area contributed by atoms with E-state index in [0.29, 0.717) is 24.8 Å². The Morgan fingerprint density at radius 3 is 2.53 bits per heavy atom. The third-order valence-electron chi connectivity index (χ3n) is 3.22. The predicted molar refractivity (Wildman–Crippen MR) is 71.9 cm³/mol. The molecule has 4 heteroatoms. The lowest BCUT2D eigenvalue weighted by Crippen LogP contribution is -2.27. The number of carbonyl (C=O) groups is 2. The first-order chi connectivity index (χ1) is 8.91. The first kappa shape index (κ1) is 15.6. The Morgan fingerprint density at radius 2 is 2.00 bits per heavy atom. The van der Waals surface area contributed by atoms with E-state index in [-0.39, 0.29) is 23.4 Å². The smallest absolute Gasteiger partial charge is 0.166 e. The van der Waals surface area contributed by atoms with Gasteiger partial charge in [0, 0.05) is 12.8 Å². The molecule has 0 aliphatic carbocycles. The molecule has 1 unspecified atom stereocenters. The number of ketones is 2. The first-order valence-corrected chi connectivity index (χ1v) is 6.68. The van der Waals surface area contributed by atoms with Gasteiger partial charge in [-0.25, -0.2) is 0 Å². The van der Waals surface area contributed by atoms with Crippen LogP contribution in [0.4, 0.5) is 0 Å². The van der Waals surface area contributed by atoms with Crippen LogP contribution in [0.2, 0.25) is 0 Å². The Morgan fingerprint density at radius 1 is 1.32 bits per heavy atom. The van der Waals surface area contributed by atoms with Crippen LogP contribution in [0.3, 0.4) is 0 Å². The van der Waals surface area contributed by atoms with Crippen LogP contribution >= 0.6 is 0 Å². The molecule has 19 heavy (non-hydrogen) atoms. The Bertz CT molecular complexity index is 406. The molecule has 0 aliphatic heterocycles. The normalized spacial score (nSPS) is 14.4. The second-order valence-corrected chi connectivity index (χ2v) is 5.44. The number of Topliss-reactive ketones (excluding diaryl/α,β-unsaturated/α-hetero) is 2. The minimum Gasteiger partial charge on any atom is -0.472 e. The highest BCUT2D eigenvalue weighted by atomic mass is 16.3. The van der Waals surface area contributed by atoms with Crippen molar-refractivity contribution in [3.8, 4) is 0 Å². The molecule has 2 atom stereocenters. The van der Waals surface area contributed by atoms with Crippen LogP contribution in [0.25, 0.3) is 0 Å². The molecule has 1 aromatic rings. The van der Waals surface area contributed by atoms with Gasteiger partial charge in [0.25, 0.3) is 0 Å². The maximum Gasteiger partial charge on any atom is 0.166 e. The Kier molecular flexibility index (Phi) is 5.96. The van der Waals surface area contributed by atoms with E-state index in [1.807, 2.05) is 20.8 Å². The summed E-state index contributed by atoms with van der Waals surface area (Å²) in [5.41, 5.74) is 0.570. The molecule has 1 heterocycles. The summed E-state index contributed by atoms with van der Waals surface area (Å²) in [6.45, 7) is 5.55. The molecule has 0 saturated carbocycles. The molecule has 1 rings (SSSR count). The average molecular weight is 266 g/mol. The van der Waals surface area contributed by atoms with Gasteiger partial charge in [0.15, 0.2) is 11.6 Å². The molecule has 4 nitrogen and oxygen atoms in total. The van der Waals surface area contributed by atoms with Crippen molar-refractivity contribution >= 4 is 11.6 Å². The molecular formula is C15H22O4. The molecule has 1 aromatic heterocycles. The van der Waals surface area contributed by atoms with Crippen molar-refractivity contribution in [3.63, 3.8) is 0 Å². The van der Waals surface area contributed by atoms with Gasteiger partial charge < -0.3 is 9.52 Å². The van der Waals surface area contributed by atoms with Crippen LogP contribution in [0.15, 0.2) is 23.0 Å². The van der Waals surface area contributed by atoms with Crippen LogP contribution in [0.1, 0.15) is 50.4 Å². The SMILES string of the molecule is CC(C)C(O)C(=O)C[C@@H](C)CCC(=O)c1ccoc1. The van der Waals surface area contributed by atoms with E-state index in [1.165, 1.54) is 12.5 Å². The zero-order valence-electron chi connectivity index (χ0n) is 11.8. The Hall–Kier alpha value is -1.42. The standard InChI is InChI=1S/C15H22O4/c1-10(2)15(18)14(17)8-11(3)4-5-13(16)12-6-7-19-9-12/h6-7,9-11,15,18H,4-5,8H2,1-3H3/t11-,15?/m0/s1. The molecule has 0 aromatic carbocycles. The van der Waals surface area contributed by atoms with Crippen LogP contribution in [0.5, 0.6) is 0 Å². The first-order valence-electron chi connectivity index (χ1n) is 6.68. The molecule has 0 radical (unpaired) electrons. The quantitative estimate of drug-likeness (QED) is 0.735. The number of aliphatic hydroxyl groups excluding tert-OH is 1. The fourth-order valence-electron chi connectivity index (χ4n) is 1.88. The van der Waals surface area contributed by atoms with Crippen LogP contribution in [-0.4, -0.2) is 22.8 Å². The second-order valence-electron chi connectivity index (χ2n) is 5.44. The van der Waals surface area contributed by atoms with Gasteiger partial charge in [-0.15, -0.1) is 0 Å². The van der Waals surface area contributed by atoms with Gasteiger partial charge in [-0.2, -0.15) is 0 Å². The van der Waals surface area contributed by atoms with Gasteiger partial charge in [-0.1, -0.05) is 20.8 Å². The summed E-state index contributed by atoms with van der Waals surface area (Å²) < 4.78 is 4.86. The second kappa shape index (κ2) is 7.24. The highest BCUT2D eigenvalue weighted by Gasteiger charge is 2.21. The van der Waals surface area contributed by atoms with Crippen molar-refractivity contribution in [2.24, 2.45) is 11.8 Å². The number of hydrogen-bond acceptors (Lipinski definition) is 4. The average Bonchev–Trinajstić information content (AvgIpc) is 2.88. The van der Waals surface area contributed by atoms with Crippen LogP contribution in [0, 0.1) is 11.8 Å². The predicted octanol–water partition coefficient (Wildman–Crippen LogP) is 2.85. The summed E-state index contributed by atoms with van der Waals surface area (Å²) in [6, 6.07) is 1.64. The number of rotatable bonds is 8. The van der Waals surface area contributed by atoms with E-state index in [0.717, 1.165) is 0 Å². The van der Waals surface area contributed by atoms with E-state index < -0.39 is 6.10 Å². The molecular weight excluding hydrogens is 244 g/mol. The van der Waals surface area contributed by atoms with Crippen molar-refractivity contribution < 1.29 is 19.1 Å². The number of carbonyl (C=O) groups excluding carboxylic acids is 2. The molecule has 0 spiro atoms. The summed E-state index contributed by atoms with van der Waals surface area (Å²) >= 11 is 0. The topological polar surface area (TPSA) is 67.5 Å². The zero-order chi connectivity index (χ0) is 14.4. The van der Waals surface area contributed by atoms with Crippen molar-refractivity contribution in [2.45, 2.75) is 46.1 Å². The highest BCUT2D eigenvalue weighted by molar-refractivity contribution is 5.95. The van der Waals surface area contributed by atoms with E-state index in [2.05, 4.69) is 0 Å². The minimum absolute atomic E-state index is 0.0254. The molecule has 0 fully saturated rings. The van der Waals surface area contributed by atoms with E-state index in [4.69, 9.17) is 4.42 Å². The van der Waals surface area contributed by atoms with Crippen molar-refractivity contribution in [2.75, 3.05) is 0 Å². The van der Waals surface area contributed by atoms with Gasteiger partial charge >= 0.3 is 0 Å². The third kappa shape index (κ3) is 4.99. The molecule has 0 amide bonds. The van der Waals surface area contributed by atoms with Gasteiger partial charge in [0.1, 0.15) is 12.4 Å². The lowest BCUT2D eigenvalue weighted by atomic mass is 9.92. The van der Waals surface area contributed by atoms with Crippen LogP contribution in [-0.2, 0) is 4.79 Å². The van der Waals surface area contributed by atoms with E-state index >= 15 is 0 Å². The van der Waals surface area contributed by atoms with Crippen molar-refractivity contribution in [1.82, 2.24) is 0 Å². The lowest BCUT2D eigenvalue weighted by Gasteiger charge is -2.16. The maximum absolute atomic E-state index is 11.7. The number of hydrogen-bond donors (Lipinski definition) is 1. The summed E-state index contributed by atoms with van der Waals surface area (Å²) in [4.78, 5) is 23.5. The molecule has 0 bridgehead atoms. The monoisotopic (exact) mass is 266 g/mol. The van der Waals surface area contributed by atoms with Gasteiger partial charge in [0.2, 0.25) is 0 Å². The number of aliphatic hydroxyl groups is 1. The summed E-state index contributed by atoms with van der Waals surface area (Å²) in [7, 11) is 0. The molecule has 1 N–H and O–H groups in total. The van der Waals surface area contributed by atoms with Crippen molar-refractivity contribution in [1.29, 1.82) is 0 Å². The summed E-state index contributed by atoms with van der Waals surface area (Å²) in [5.74, 6) is -0.0836. The Labute approximate surface area is 113 Å². The largest absolute Gasteiger partial charge is 0.472 e. The number of furan rings is 1. The van der Waals surface area contributed by atoms with Crippen molar-refractivity contribution in [3.05, 3.63) is 24.2 Å². The van der Waals surface area contributed by atoms with E-state index in [1.54, 1.807) is 6.07 Å². The summed E-state index contributed by atoms with van der Waals surface area (Å²) in [5, 5.41) is 9.64. The third-order valence-corrected chi connectivity index (χ3v) is 3.22. The van der Waals surface area contributed by atoms with E-state index in [9.17, 15) is 14.7 Å². The minimum atomic E-state index is -0.896. The molecule has 0 aliphatic rings. The van der Waals surface area contributed by atoms with Gasteiger partial charge in [-0.3, -0.25) is 9.59 Å². The van der Waals surface area contributed by atoms with Crippen LogP contribution < -0.4 is 0 Å². The maximum atomic E-state index is 11.7. The van der Waals surface area contributed by atoms with Gasteiger partial charge in [0.05, 0.1) is 11.8 Å². The molecule has 0 saturated heterocycles. The fourth-order valence-corrected chi connectivity index (χ4v) is 1.88. The van der Waals surface area contributed by atoms with Gasteiger partial charge in [-0.05, 0) is 24.3 Å². The summed E-state index contributed by atoms with van der Waals surface area (Å²) in [6.07, 6.45) is 3.36. The highest BCUT2D eigenvalue weighted by Crippen LogP contribution is 2.16. The Balaban J connectivity index is 2.34. The fraction of sp³-hybridized carbons (Fsp3) is 0.600.